The zero-order chi connectivity index (χ0) is 13.8. The van der Waals surface area contributed by atoms with Gasteiger partial charge in [0.25, 0.3) is 0 Å². The fraction of sp³-hybridized carbons (Fsp3) is 0.538. The van der Waals surface area contributed by atoms with Crippen LogP contribution >= 0.6 is 11.6 Å². The molecule has 1 aromatic carbocycles. The fourth-order valence-electron chi connectivity index (χ4n) is 1.82. The summed E-state index contributed by atoms with van der Waals surface area (Å²) in [5.74, 6) is 0.357. The topological polar surface area (TPSA) is 46.2 Å². The van der Waals surface area contributed by atoms with Crippen molar-refractivity contribution in [2.45, 2.75) is 32.9 Å². The molecular formula is C13H20ClNO2S. The molecule has 1 aromatic rings. The fourth-order valence-corrected chi connectivity index (χ4v) is 3.04. The third kappa shape index (κ3) is 4.96. The van der Waals surface area contributed by atoms with Crippen LogP contribution in [0.2, 0.25) is 5.02 Å². The standard InChI is InChI=1S/C13H20ClNO2S/c1-4-18(16,17)9-10(2)15-11(3)12-5-7-13(14)8-6-12/h5-8,10-11,15H,4,9H2,1-3H3/t10?,11-/m0/s1. The van der Waals surface area contributed by atoms with Crippen molar-refractivity contribution in [2.75, 3.05) is 11.5 Å². The largest absolute Gasteiger partial charge is 0.307 e. The van der Waals surface area contributed by atoms with Crippen LogP contribution in [0.4, 0.5) is 0 Å². The molecule has 1 rings (SSSR count). The molecule has 3 nitrogen and oxygen atoms in total. The van der Waals surface area contributed by atoms with Crippen LogP contribution in [0.1, 0.15) is 32.4 Å². The number of halogens is 1. The SMILES string of the molecule is CCS(=O)(=O)CC(C)N[C@@H](C)c1ccc(Cl)cc1. The third-order valence-corrected chi connectivity index (χ3v) is 4.99. The molecule has 0 aliphatic rings. The van der Waals surface area contributed by atoms with E-state index in [0.717, 1.165) is 5.56 Å². The van der Waals surface area contributed by atoms with Gasteiger partial charge in [0.15, 0.2) is 9.84 Å². The summed E-state index contributed by atoms with van der Waals surface area (Å²) in [7, 11) is -2.94. The summed E-state index contributed by atoms with van der Waals surface area (Å²) < 4.78 is 23.0. The number of hydrogen-bond acceptors (Lipinski definition) is 3. The van der Waals surface area contributed by atoms with E-state index in [1.807, 2.05) is 38.1 Å². The molecule has 0 aliphatic carbocycles. The Morgan fingerprint density at radius 2 is 1.78 bits per heavy atom. The van der Waals surface area contributed by atoms with Crippen molar-refractivity contribution in [3.05, 3.63) is 34.9 Å². The van der Waals surface area contributed by atoms with Crippen LogP contribution in [0.25, 0.3) is 0 Å². The van der Waals surface area contributed by atoms with Crippen molar-refractivity contribution >= 4 is 21.4 Å². The molecule has 5 heteroatoms. The average Bonchev–Trinajstić information content (AvgIpc) is 2.29. The molecule has 0 radical (unpaired) electrons. The normalized spacial score (nSPS) is 15.3. The van der Waals surface area contributed by atoms with Crippen molar-refractivity contribution in [1.29, 1.82) is 0 Å². The van der Waals surface area contributed by atoms with Crippen LogP contribution in [0, 0.1) is 0 Å². The Kier molecular flexibility index (Phi) is 5.63. The average molecular weight is 290 g/mol. The Morgan fingerprint density at radius 1 is 1.22 bits per heavy atom. The minimum absolute atomic E-state index is 0.0689. The van der Waals surface area contributed by atoms with E-state index in [0.29, 0.717) is 5.02 Å². The van der Waals surface area contributed by atoms with Gasteiger partial charge >= 0.3 is 0 Å². The van der Waals surface area contributed by atoms with Gasteiger partial charge in [-0.3, -0.25) is 0 Å². The van der Waals surface area contributed by atoms with Gasteiger partial charge in [0.05, 0.1) is 5.75 Å². The molecule has 18 heavy (non-hydrogen) atoms. The molecule has 0 heterocycles. The Morgan fingerprint density at radius 3 is 2.28 bits per heavy atom. The van der Waals surface area contributed by atoms with Gasteiger partial charge in [-0.1, -0.05) is 30.7 Å². The molecule has 1 unspecified atom stereocenters. The van der Waals surface area contributed by atoms with Gasteiger partial charge in [0, 0.05) is 22.9 Å². The monoisotopic (exact) mass is 289 g/mol. The van der Waals surface area contributed by atoms with Crippen LogP contribution < -0.4 is 5.32 Å². The van der Waals surface area contributed by atoms with E-state index in [1.165, 1.54) is 0 Å². The van der Waals surface area contributed by atoms with Gasteiger partial charge in [0.2, 0.25) is 0 Å². The van der Waals surface area contributed by atoms with Crippen LogP contribution in [0.15, 0.2) is 24.3 Å². The Labute approximate surface area is 114 Å². The number of hydrogen-bond donors (Lipinski definition) is 1. The second-order valence-electron chi connectivity index (χ2n) is 4.54. The summed E-state index contributed by atoms with van der Waals surface area (Å²) in [5, 5.41) is 3.99. The molecule has 0 amide bonds. The molecule has 0 bridgehead atoms. The lowest BCUT2D eigenvalue weighted by molar-refractivity contribution is 0.500. The van der Waals surface area contributed by atoms with Crippen LogP contribution in [0.5, 0.6) is 0 Å². The smallest absolute Gasteiger partial charge is 0.151 e. The highest BCUT2D eigenvalue weighted by atomic mass is 35.5. The summed E-state index contributed by atoms with van der Waals surface area (Å²) in [4.78, 5) is 0. The zero-order valence-corrected chi connectivity index (χ0v) is 12.6. The number of benzene rings is 1. The molecular weight excluding hydrogens is 270 g/mol. The van der Waals surface area contributed by atoms with Crippen molar-refractivity contribution in [3.63, 3.8) is 0 Å². The summed E-state index contributed by atoms with van der Waals surface area (Å²) in [6.07, 6.45) is 0. The molecule has 0 aromatic heterocycles. The first kappa shape index (κ1) is 15.5. The van der Waals surface area contributed by atoms with Gasteiger partial charge in [-0.05, 0) is 31.5 Å². The highest BCUT2D eigenvalue weighted by Gasteiger charge is 2.16. The highest BCUT2D eigenvalue weighted by molar-refractivity contribution is 7.91. The lowest BCUT2D eigenvalue weighted by Gasteiger charge is -2.20. The lowest BCUT2D eigenvalue weighted by Crippen LogP contribution is -2.35. The summed E-state index contributed by atoms with van der Waals surface area (Å²) >= 11 is 5.83. The maximum atomic E-state index is 11.5. The van der Waals surface area contributed by atoms with Crippen LogP contribution in [0.3, 0.4) is 0 Å². The number of sulfone groups is 1. The molecule has 0 fully saturated rings. The van der Waals surface area contributed by atoms with E-state index in [2.05, 4.69) is 5.32 Å². The summed E-state index contributed by atoms with van der Waals surface area (Å²) in [6, 6.07) is 7.59. The van der Waals surface area contributed by atoms with Gasteiger partial charge in [-0.25, -0.2) is 8.42 Å². The maximum absolute atomic E-state index is 11.5. The van der Waals surface area contributed by atoms with E-state index in [9.17, 15) is 8.42 Å². The van der Waals surface area contributed by atoms with Crippen molar-refractivity contribution in [1.82, 2.24) is 5.32 Å². The Bertz CT molecular complexity index is 470. The Hall–Kier alpha value is -0.580. The lowest BCUT2D eigenvalue weighted by atomic mass is 10.1. The van der Waals surface area contributed by atoms with Gasteiger partial charge in [-0.2, -0.15) is 0 Å². The predicted molar refractivity (Wildman–Crippen MR) is 76.8 cm³/mol. The minimum atomic E-state index is -2.94. The first-order valence-corrected chi connectivity index (χ1v) is 8.26. The molecule has 0 saturated heterocycles. The molecule has 1 N–H and O–H groups in total. The van der Waals surface area contributed by atoms with E-state index >= 15 is 0 Å². The van der Waals surface area contributed by atoms with Crippen LogP contribution in [-0.2, 0) is 9.84 Å². The molecule has 0 aliphatic heterocycles. The van der Waals surface area contributed by atoms with Gasteiger partial charge in [0.1, 0.15) is 0 Å². The molecule has 0 spiro atoms. The summed E-state index contributed by atoms with van der Waals surface area (Å²) in [5.41, 5.74) is 1.10. The molecule has 2 atom stereocenters. The Balaban J connectivity index is 2.59. The van der Waals surface area contributed by atoms with E-state index < -0.39 is 9.84 Å². The van der Waals surface area contributed by atoms with E-state index in [1.54, 1.807) is 6.92 Å². The van der Waals surface area contributed by atoms with Gasteiger partial charge in [-0.15, -0.1) is 0 Å². The minimum Gasteiger partial charge on any atom is -0.307 e. The molecule has 0 saturated carbocycles. The highest BCUT2D eigenvalue weighted by Crippen LogP contribution is 2.16. The molecule has 102 valence electrons. The quantitative estimate of drug-likeness (QED) is 0.876. The third-order valence-electron chi connectivity index (χ3n) is 2.85. The van der Waals surface area contributed by atoms with E-state index in [-0.39, 0.29) is 23.6 Å². The number of nitrogens with one attached hydrogen (secondary N) is 1. The van der Waals surface area contributed by atoms with Crippen LogP contribution in [-0.4, -0.2) is 26.0 Å². The first-order valence-electron chi connectivity index (χ1n) is 6.06. The number of rotatable bonds is 6. The first-order chi connectivity index (χ1) is 8.34. The van der Waals surface area contributed by atoms with Crippen molar-refractivity contribution in [3.8, 4) is 0 Å². The zero-order valence-electron chi connectivity index (χ0n) is 11.0. The predicted octanol–water partition coefficient (Wildman–Crippen LogP) is 2.81. The van der Waals surface area contributed by atoms with Crippen molar-refractivity contribution in [2.24, 2.45) is 0 Å². The second kappa shape index (κ2) is 6.55. The second-order valence-corrected chi connectivity index (χ2v) is 7.37. The van der Waals surface area contributed by atoms with E-state index in [4.69, 9.17) is 11.6 Å². The maximum Gasteiger partial charge on any atom is 0.151 e. The van der Waals surface area contributed by atoms with Gasteiger partial charge < -0.3 is 5.32 Å². The van der Waals surface area contributed by atoms with Crippen molar-refractivity contribution < 1.29 is 8.42 Å². The summed E-state index contributed by atoms with van der Waals surface area (Å²) in [6.45, 7) is 5.57.